The van der Waals surface area contributed by atoms with Gasteiger partial charge in [-0.05, 0) is 48.9 Å². The van der Waals surface area contributed by atoms with Crippen molar-refractivity contribution in [1.29, 1.82) is 0 Å². The number of hydrogen-bond donors (Lipinski definition) is 2. The van der Waals surface area contributed by atoms with Gasteiger partial charge in [-0.3, -0.25) is 9.78 Å². The van der Waals surface area contributed by atoms with Gasteiger partial charge in [0.1, 0.15) is 18.1 Å². The molecular formula is C22H23N3O3. The summed E-state index contributed by atoms with van der Waals surface area (Å²) in [5.41, 5.74) is 3.35. The zero-order valence-corrected chi connectivity index (χ0v) is 15.9. The minimum Gasteiger partial charge on any atom is -0.497 e. The summed E-state index contributed by atoms with van der Waals surface area (Å²) in [7, 11) is 1.62. The van der Waals surface area contributed by atoms with Gasteiger partial charge in [-0.15, -0.1) is 0 Å². The maximum absolute atomic E-state index is 12.4. The van der Waals surface area contributed by atoms with Crippen molar-refractivity contribution in [2.45, 2.75) is 6.92 Å². The van der Waals surface area contributed by atoms with Crippen molar-refractivity contribution in [3.05, 3.63) is 78.1 Å². The molecule has 0 saturated carbocycles. The number of hydrogen-bond acceptors (Lipinski definition) is 5. The van der Waals surface area contributed by atoms with Crippen molar-refractivity contribution < 1.29 is 14.3 Å². The molecule has 0 aliphatic carbocycles. The van der Waals surface area contributed by atoms with E-state index in [0.717, 1.165) is 28.4 Å². The Kier molecular flexibility index (Phi) is 6.46. The summed E-state index contributed by atoms with van der Waals surface area (Å²) in [4.78, 5) is 16.5. The average Bonchev–Trinajstić information content (AvgIpc) is 2.73. The Balaban J connectivity index is 1.50. The van der Waals surface area contributed by atoms with Gasteiger partial charge in [0, 0.05) is 11.9 Å². The van der Waals surface area contributed by atoms with Crippen LogP contribution in [0.3, 0.4) is 0 Å². The molecule has 0 atom stereocenters. The zero-order valence-electron chi connectivity index (χ0n) is 15.9. The molecule has 2 aromatic carbocycles. The standard InChI is InChI=1S/C22H23N3O3/c1-16-5-3-4-6-21(16)25-18-13-17(14-23-15-18)22(26)24-11-12-28-20-9-7-19(27-2)8-10-20/h3-10,13-15,25H,11-12H2,1-2H3,(H,24,26). The van der Waals surface area contributed by atoms with E-state index in [1.165, 1.54) is 0 Å². The average molecular weight is 377 g/mol. The van der Waals surface area contributed by atoms with Gasteiger partial charge >= 0.3 is 0 Å². The molecule has 3 aromatic rings. The summed E-state index contributed by atoms with van der Waals surface area (Å²) in [5.74, 6) is 1.30. The van der Waals surface area contributed by atoms with Crippen LogP contribution in [0.1, 0.15) is 15.9 Å². The summed E-state index contributed by atoms with van der Waals surface area (Å²) >= 11 is 0. The van der Waals surface area contributed by atoms with Crippen LogP contribution in [0, 0.1) is 6.92 Å². The largest absolute Gasteiger partial charge is 0.497 e. The molecule has 2 N–H and O–H groups in total. The lowest BCUT2D eigenvalue weighted by Crippen LogP contribution is -2.28. The van der Waals surface area contributed by atoms with E-state index < -0.39 is 0 Å². The second-order valence-corrected chi connectivity index (χ2v) is 6.18. The monoisotopic (exact) mass is 377 g/mol. The van der Waals surface area contributed by atoms with E-state index in [2.05, 4.69) is 15.6 Å². The number of para-hydroxylation sites is 1. The molecule has 6 heteroatoms. The number of benzene rings is 2. The van der Waals surface area contributed by atoms with Crippen LogP contribution in [0.15, 0.2) is 67.0 Å². The molecule has 0 aliphatic heterocycles. The summed E-state index contributed by atoms with van der Waals surface area (Å²) in [5, 5.41) is 6.13. The number of methoxy groups -OCH3 is 1. The minimum absolute atomic E-state index is 0.195. The van der Waals surface area contributed by atoms with E-state index in [-0.39, 0.29) is 5.91 Å². The van der Waals surface area contributed by atoms with Crippen LogP contribution in [0.2, 0.25) is 0 Å². The number of ether oxygens (including phenoxy) is 2. The fraction of sp³-hybridized carbons (Fsp3) is 0.182. The number of carbonyl (C=O) groups excluding carboxylic acids is 1. The summed E-state index contributed by atoms with van der Waals surface area (Å²) in [6, 6.07) is 17.0. The second kappa shape index (κ2) is 9.41. The van der Waals surface area contributed by atoms with Crippen LogP contribution in [0.4, 0.5) is 11.4 Å². The van der Waals surface area contributed by atoms with Crippen molar-refractivity contribution in [1.82, 2.24) is 10.3 Å². The highest BCUT2D eigenvalue weighted by molar-refractivity contribution is 5.94. The SMILES string of the molecule is COc1ccc(OCCNC(=O)c2cncc(Nc3ccccc3C)c2)cc1. The van der Waals surface area contributed by atoms with E-state index in [9.17, 15) is 4.79 Å². The highest BCUT2D eigenvalue weighted by Gasteiger charge is 2.07. The predicted molar refractivity (Wildman–Crippen MR) is 110 cm³/mol. The Morgan fingerprint density at radius 1 is 1.04 bits per heavy atom. The molecule has 28 heavy (non-hydrogen) atoms. The van der Waals surface area contributed by atoms with E-state index in [4.69, 9.17) is 9.47 Å². The predicted octanol–water partition coefficient (Wildman–Crippen LogP) is 3.95. The number of aromatic nitrogens is 1. The van der Waals surface area contributed by atoms with Crippen molar-refractivity contribution in [2.24, 2.45) is 0 Å². The summed E-state index contributed by atoms with van der Waals surface area (Å²) < 4.78 is 10.7. The number of anilines is 2. The van der Waals surface area contributed by atoms with E-state index in [0.29, 0.717) is 18.7 Å². The molecule has 3 rings (SSSR count). The van der Waals surface area contributed by atoms with Gasteiger partial charge in [-0.25, -0.2) is 0 Å². The number of amides is 1. The molecule has 0 spiro atoms. The molecule has 0 radical (unpaired) electrons. The zero-order chi connectivity index (χ0) is 19.8. The van der Waals surface area contributed by atoms with Gasteiger partial charge < -0.3 is 20.1 Å². The molecule has 144 valence electrons. The second-order valence-electron chi connectivity index (χ2n) is 6.18. The molecule has 0 bridgehead atoms. The van der Waals surface area contributed by atoms with Crippen molar-refractivity contribution in [3.8, 4) is 11.5 Å². The lowest BCUT2D eigenvalue weighted by Gasteiger charge is -2.11. The summed E-state index contributed by atoms with van der Waals surface area (Å²) in [6.07, 6.45) is 3.23. The molecular weight excluding hydrogens is 354 g/mol. The third-order valence-electron chi connectivity index (χ3n) is 4.14. The van der Waals surface area contributed by atoms with Gasteiger partial charge in [0.25, 0.3) is 5.91 Å². The van der Waals surface area contributed by atoms with E-state index in [1.54, 1.807) is 25.6 Å². The highest BCUT2D eigenvalue weighted by atomic mass is 16.5. The van der Waals surface area contributed by atoms with E-state index in [1.807, 2.05) is 55.5 Å². The third kappa shape index (κ3) is 5.23. The molecule has 0 unspecified atom stereocenters. The number of nitrogens with zero attached hydrogens (tertiary/aromatic N) is 1. The Bertz CT molecular complexity index is 926. The molecule has 0 aliphatic rings. The Labute approximate surface area is 164 Å². The topological polar surface area (TPSA) is 72.5 Å². The number of pyridine rings is 1. The Morgan fingerprint density at radius 2 is 1.79 bits per heavy atom. The van der Waals surface area contributed by atoms with Crippen molar-refractivity contribution in [3.63, 3.8) is 0 Å². The first-order chi connectivity index (χ1) is 13.7. The van der Waals surface area contributed by atoms with Crippen LogP contribution in [0.25, 0.3) is 0 Å². The molecule has 1 amide bonds. The number of rotatable bonds is 8. The maximum atomic E-state index is 12.4. The fourth-order valence-electron chi connectivity index (χ4n) is 2.61. The molecule has 0 saturated heterocycles. The van der Waals surface area contributed by atoms with Gasteiger partial charge in [-0.1, -0.05) is 18.2 Å². The molecule has 6 nitrogen and oxygen atoms in total. The minimum atomic E-state index is -0.195. The smallest absolute Gasteiger partial charge is 0.253 e. The third-order valence-corrected chi connectivity index (χ3v) is 4.14. The quantitative estimate of drug-likeness (QED) is 0.582. The number of nitrogens with one attached hydrogen (secondary N) is 2. The fourth-order valence-corrected chi connectivity index (χ4v) is 2.61. The van der Waals surface area contributed by atoms with Gasteiger partial charge in [-0.2, -0.15) is 0 Å². The van der Waals surface area contributed by atoms with Gasteiger partial charge in [0.2, 0.25) is 0 Å². The van der Waals surface area contributed by atoms with Gasteiger partial charge in [0.15, 0.2) is 0 Å². The van der Waals surface area contributed by atoms with Crippen LogP contribution >= 0.6 is 0 Å². The highest BCUT2D eigenvalue weighted by Crippen LogP contribution is 2.20. The molecule has 1 aromatic heterocycles. The molecule has 0 fully saturated rings. The Morgan fingerprint density at radius 3 is 2.54 bits per heavy atom. The van der Waals surface area contributed by atoms with Crippen molar-refractivity contribution >= 4 is 17.3 Å². The molecule has 1 heterocycles. The van der Waals surface area contributed by atoms with Crippen LogP contribution in [-0.4, -0.2) is 31.2 Å². The van der Waals surface area contributed by atoms with E-state index >= 15 is 0 Å². The first-order valence-corrected chi connectivity index (χ1v) is 8.98. The Hall–Kier alpha value is -3.54. The normalized spacial score (nSPS) is 10.2. The van der Waals surface area contributed by atoms with Crippen molar-refractivity contribution in [2.75, 3.05) is 25.6 Å². The van der Waals surface area contributed by atoms with Gasteiger partial charge in [0.05, 0.1) is 31.1 Å². The maximum Gasteiger partial charge on any atom is 0.253 e. The first-order valence-electron chi connectivity index (χ1n) is 8.98. The first kappa shape index (κ1) is 19.2. The van der Waals surface area contributed by atoms with Crippen LogP contribution in [0.5, 0.6) is 11.5 Å². The summed E-state index contributed by atoms with van der Waals surface area (Å²) in [6.45, 7) is 2.78. The lowest BCUT2D eigenvalue weighted by molar-refractivity contribution is 0.0946. The lowest BCUT2D eigenvalue weighted by atomic mass is 10.2. The number of carbonyl (C=O) groups is 1. The number of aryl methyl sites for hydroxylation is 1. The van der Waals surface area contributed by atoms with Crippen LogP contribution < -0.4 is 20.1 Å². The van der Waals surface area contributed by atoms with Crippen LogP contribution in [-0.2, 0) is 0 Å².